The van der Waals surface area contributed by atoms with Crippen molar-refractivity contribution in [1.82, 2.24) is 9.55 Å². The van der Waals surface area contributed by atoms with Gasteiger partial charge in [-0.15, -0.1) is 0 Å². The van der Waals surface area contributed by atoms with E-state index >= 15 is 0 Å². The Kier molecular flexibility index (Phi) is 7.59. The highest BCUT2D eigenvalue weighted by atomic mass is 127. The molecule has 0 N–H and O–H groups in total. The predicted molar refractivity (Wildman–Crippen MR) is 76.2 cm³/mol. The van der Waals surface area contributed by atoms with Gasteiger partial charge in [-0.2, -0.15) is 0 Å². The van der Waals surface area contributed by atoms with Gasteiger partial charge in [0.15, 0.2) is 5.82 Å². The molecule has 0 saturated carbocycles. The van der Waals surface area contributed by atoms with Crippen LogP contribution in [0.1, 0.15) is 26.1 Å². The smallest absolute Gasteiger partial charge is 0.248 e. The molecule has 0 aliphatic heterocycles. The molecule has 0 aliphatic rings. The minimum absolute atomic E-state index is 0.428. The number of halogens is 4. The van der Waals surface area contributed by atoms with Crippen LogP contribution in [0.25, 0.3) is 0 Å². The summed E-state index contributed by atoms with van der Waals surface area (Å²) in [5.74, 6) is 0.428. The lowest BCUT2D eigenvalue weighted by Crippen LogP contribution is -2.08. The molecule has 0 aromatic carbocycles. The van der Waals surface area contributed by atoms with E-state index in [1.54, 1.807) is 24.0 Å². The first-order valence-corrected chi connectivity index (χ1v) is 6.85. The van der Waals surface area contributed by atoms with Crippen LogP contribution in [0.5, 0.6) is 0 Å². The summed E-state index contributed by atoms with van der Waals surface area (Å²) in [6.45, 7) is 4.40. The van der Waals surface area contributed by atoms with E-state index in [4.69, 9.17) is 34.8 Å². The summed E-state index contributed by atoms with van der Waals surface area (Å²) < 4.78 is 1.10. The molecule has 0 radical (unpaired) electrons. The molecule has 2 nitrogen and oxygen atoms in total. The highest BCUT2D eigenvalue weighted by Crippen LogP contribution is 2.36. The molecule has 0 saturated heterocycles. The number of hydrogen-bond acceptors (Lipinski definition) is 1. The van der Waals surface area contributed by atoms with Gasteiger partial charge in [0.05, 0.1) is 0 Å². The fourth-order valence-electron chi connectivity index (χ4n) is 0.639. The van der Waals surface area contributed by atoms with Gasteiger partial charge in [-0.1, -0.05) is 71.2 Å². The topological polar surface area (TPSA) is 17.8 Å². The molecule has 0 amide bonds. The van der Waals surface area contributed by atoms with Crippen molar-refractivity contribution in [2.24, 2.45) is 7.05 Å². The SMILES string of the molecule is CCC(C)I.Cn1ccnc1C(Cl)(Cl)Cl. The second-order valence-electron chi connectivity index (χ2n) is 3.05. The summed E-state index contributed by atoms with van der Waals surface area (Å²) in [6.07, 6.45) is 4.59. The number of imidazole rings is 1. The lowest BCUT2D eigenvalue weighted by Gasteiger charge is -2.09. The van der Waals surface area contributed by atoms with E-state index in [0.29, 0.717) is 5.82 Å². The molecule has 88 valence electrons. The largest absolute Gasteiger partial charge is 0.334 e. The highest BCUT2D eigenvalue weighted by Gasteiger charge is 2.26. The van der Waals surface area contributed by atoms with Crippen LogP contribution in [-0.2, 0) is 10.8 Å². The summed E-state index contributed by atoms with van der Waals surface area (Å²) in [4.78, 5) is 3.85. The number of alkyl halides is 4. The van der Waals surface area contributed by atoms with E-state index in [1.807, 2.05) is 0 Å². The van der Waals surface area contributed by atoms with E-state index in [1.165, 1.54) is 6.42 Å². The Hall–Kier alpha value is 0.810. The average molecular weight is 383 g/mol. The molecule has 1 aromatic heterocycles. The lowest BCUT2D eigenvalue weighted by atomic mass is 10.4. The number of aryl methyl sites for hydroxylation is 1. The van der Waals surface area contributed by atoms with Gasteiger partial charge in [0.25, 0.3) is 0 Å². The lowest BCUT2D eigenvalue weighted by molar-refractivity contribution is 0.818. The summed E-state index contributed by atoms with van der Waals surface area (Å²) >= 11 is 19.1. The van der Waals surface area contributed by atoms with E-state index < -0.39 is 3.79 Å². The number of rotatable bonds is 1. The van der Waals surface area contributed by atoms with Gasteiger partial charge in [-0.3, -0.25) is 0 Å². The first kappa shape index (κ1) is 15.8. The van der Waals surface area contributed by atoms with E-state index in [9.17, 15) is 0 Å². The molecular weight excluding hydrogens is 369 g/mol. The van der Waals surface area contributed by atoms with Crippen LogP contribution in [-0.4, -0.2) is 13.5 Å². The first-order valence-electron chi connectivity index (χ1n) is 4.47. The van der Waals surface area contributed by atoms with Crippen LogP contribution >= 0.6 is 57.4 Å². The second-order valence-corrected chi connectivity index (χ2v) is 7.46. The summed E-state index contributed by atoms with van der Waals surface area (Å²) in [5, 5.41) is 0. The molecule has 6 heteroatoms. The average Bonchev–Trinajstić information content (AvgIpc) is 2.51. The highest BCUT2D eigenvalue weighted by molar-refractivity contribution is 14.1. The molecule has 0 spiro atoms. The maximum atomic E-state index is 5.55. The van der Waals surface area contributed by atoms with E-state index in [2.05, 4.69) is 41.4 Å². The summed E-state index contributed by atoms with van der Waals surface area (Å²) in [6, 6.07) is 0. The maximum Gasteiger partial charge on any atom is 0.248 e. The van der Waals surface area contributed by atoms with E-state index in [-0.39, 0.29) is 0 Å². The Morgan fingerprint density at radius 1 is 1.53 bits per heavy atom. The van der Waals surface area contributed by atoms with Crippen molar-refractivity contribution in [3.05, 3.63) is 18.2 Å². The Bertz CT molecular complexity index is 281. The van der Waals surface area contributed by atoms with Gasteiger partial charge in [0.2, 0.25) is 3.79 Å². The molecule has 1 atom stereocenters. The molecule has 1 aromatic rings. The summed E-state index contributed by atoms with van der Waals surface area (Å²) in [7, 11) is 1.77. The van der Waals surface area contributed by atoms with Crippen molar-refractivity contribution in [2.45, 2.75) is 28.0 Å². The van der Waals surface area contributed by atoms with E-state index in [0.717, 1.165) is 3.92 Å². The molecule has 1 unspecified atom stereocenters. The minimum atomic E-state index is -1.42. The van der Waals surface area contributed by atoms with Crippen LogP contribution in [0.3, 0.4) is 0 Å². The zero-order chi connectivity index (χ0) is 12.1. The van der Waals surface area contributed by atoms with Gasteiger partial charge in [-0.05, 0) is 6.42 Å². The monoisotopic (exact) mass is 382 g/mol. The zero-order valence-corrected chi connectivity index (χ0v) is 13.3. The zero-order valence-electron chi connectivity index (χ0n) is 8.85. The van der Waals surface area contributed by atoms with Crippen molar-refractivity contribution < 1.29 is 0 Å². The van der Waals surface area contributed by atoms with Crippen molar-refractivity contribution >= 4 is 57.4 Å². The number of hydrogen-bond donors (Lipinski definition) is 0. The Balaban J connectivity index is 0.000000336. The molecule has 1 rings (SSSR count). The standard InChI is InChI=1S/C5H5Cl3N2.C4H9I/c1-10-3-2-9-4(10)5(6,7)8;1-3-4(2)5/h2-3H,1H3;4H,3H2,1-2H3. The minimum Gasteiger partial charge on any atom is -0.334 e. The number of aromatic nitrogens is 2. The van der Waals surface area contributed by atoms with Gasteiger partial charge >= 0.3 is 0 Å². The van der Waals surface area contributed by atoms with Gasteiger partial charge < -0.3 is 4.57 Å². The van der Waals surface area contributed by atoms with Crippen LogP contribution in [0.15, 0.2) is 12.4 Å². The van der Waals surface area contributed by atoms with Crippen LogP contribution in [0, 0.1) is 0 Å². The Labute approximate surface area is 119 Å². The van der Waals surface area contributed by atoms with Crippen molar-refractivity contribution in [3.63, 3.8) is 0 Å². The fraction of sp³-hybridized carbons (Fsp3) is 0.667. The van der Waals surface area contributed by atoms with Gasteiger partial charge in [-0.25, -0.2) is 4.98 Å². The molecule has 15 heavy (non-hydrogen) atoms. The predicted octanol–water partition coefficient (Wildman–Crippen LogP) is 4.47. The normalized spacial score (nSPS) is 13.0. The molecular formula is C9H14Cl3IN2. The molecule has 1 heterocycles. The second kappa shape index (κ2) is 7.20. The molecule has 0 aliphatic carbocycles. The maximum absolute atomic E-state index is 5.55. The fourth-order valence-corrected chi connectivity index (χ4v) is 1.19. The molecule has 0 fully saturated rings. The Morgan fingerprint density at radius 2 is 2.00 bits per heavy atom. The first-order chi connectivity index (χ1) is 6.79. The van der Waals surface area contributed by atoms with Crippen molar-refractivity contribution in [1.29, 1.82) is 0 Å². The van der Waals surface area contributed by atoms with Crippen LogP contribution in [0.4, 0.5) is 0 Å². The van der Waals surface area contributed by atoms with Crippen molar-refractivity contribution in [3.8, 4) is 0 Å². The quantitative estimate of drug-likeness (QED) is 0.517. The van der Waals surface area contributed by atoms with Gasteiger partial charge in [0, 0.05) is 23.4 Å². The third-order valence-electron chi connectivity index (χ3n) is 1.64. The third-order valence-corrected chi connectivity index (χ3v) is 3.03. The van der Waals surface area contributed by atoms with Crippen molar-refractivity contribution in [2.75, 3.05) is 0 Å². The molecule has 0 bridgehead atoms. The summed E-state index contributed by atoms with van der Waals surface area (Å²) in [5.41, 5.74) is 0. The third kappa shape index (κ3) is 6.87. The Morgan fingerprint density at radius 3 is 2.13 bits per heavy atom. The van der Waals surface area contributed by atoms with Crippen LogP contribution in [0.2, 0.25) is 0 Å². The van der Waals surface area contributed by atoms with Crippen LogP contribution < -0.4 is 0 Å². The number of nitrogens with zero attached hydrogens (tertiary/aromatic N) is 2. The van der Waals surface area contributed by atoms with Gasteiger partial charge in [0.1, 0.15) is 0 Å².